The van der Waals surface area contributed by atoms with Crippen molar-refractivity contribution in [2.24, 2.45) is 0 Å². The average molecular weight is 759 g/mol. The van der Waals surface area contributed by atoms with Gasteiger partial charge in [-0.15, -0.1) is 0 Å². The van der Waals surface area contributed by atoms with Crippen LogP contribution in [-0.4, -0.2) is 19.5 Å². The van der Waals surface area contributed by atoms with E-state index in [1.165, 1.54) is 33.4 Å². The predicted molar refractivity (Wildman–Crippen MR) is 241 cm³/mol. The van der Waals surface area contributed by atoms with Gasteiger partial charge in [-0.25, -0.2) is 4.98 Å². The first-order valence-corrected chi connectivity index (χ1v) is 20.4. The summed E-state index contributed by atoms with van der Waals surface area (Å²) in [5.74, 6) is 2.05. The summed E-state index contributed by atoms with van der Waals surface area (Å²) >= 11 is 0. The molecule has 0 N–H and O–H groups in total. The molecule has 7 aromatic carbocycles. The Labute approximate surface area is 341 Å². The topological polar surface area (TPSA) is 56.7 Å². The van der Waals surface area contributed by atoms with Crippen molar-refractivity contribution in [1.82, 2.24) is 19.5 Å². The summed E-state index contributed by atoms with van der Waals surface area (Å²) in [5, 5.41) is 4.46. The molecular formula is C54H38N4O. The van der Waals surface area contributed by atoms with Crippen LogP contribution < -0.4 is 0 Å². The second kappa shape index (κ2) is 12.8. The molecule has 0 saturated carbocycles. The molecule has 0 saturated heterocycles. The van der Waals surface area contributed by atoms with Gasteiger partial charge in [-0.3, -0.25) is 4.57 Å². The number of fused-ring (bicyclic) bond motifs is 9. The zero-order valence-electron chi connectivity index (χ0n) is 32.7. The predicted octanol–water partition coefficient (Wildman–Crippen LogP) is 13.6. The van der Waals surface area contributed by atoms with Crippen molar-refractivity contribution < 1.29 is 4.42 Å². The molecule has 2 aliphatic rings. The number of furan rings is 1. The first-order chi connectivity index (χ1) is 29.0. The minimum Gasteiger partial charge on any atom is -0.456 e. The van der Waals surface area contributed by atoms with E-state index in [0.717, 1.165) is 66.9 Å². The van der Waals surface area contributed by atoms with Crippen LogP contribution in [0.5, 0.6) is 0 Å². The van der Waals surface area contributed by atoms with Crippen molar-refractivity contribution in [3.05, 3.63) is 198 Å². The van der Waals surface area contributed by atoms with Gasteiger partial charge in [0.15, 0.2) is 11.6 Å². The number of aromatic nitrogens is 4. The molecule has 12 rings (SSSR count). The molecule has 0 radical (unpaired) electrons. The lowest BCUT2D eigenvalue weighted by atomic mass is 9.80. The van der Waals surface area contributed by atoms with E-state index >= 15 is 0 Å². The summed E-state index contributed by atoms with van der Waals surface area (Å²) in [4.78, 5) is 15.6. The van der Waals surface area contributed by atoms with Crippen molar-refractivity contribution in [3.63, 3.8) is 0 Å². The number of nitrogens with zero attached hydrogens (tertiary/aromatic N) is 4. The van der Waals surface area contributed by atoms with Crippen LogP contribution in [0.25, 0.3) is 89.2 Å². The van der Waals surface area contributed by atoms with Gasteiger partial charge >= 0.3 is 0 Å². The number of rotatable bonds is 5. The third kappa shape index (κ3) is 5.21. The minimum atomic E-state index is -0.0280. The molecule has 0 fully saturated rings. The van der Waals surface area contributed by atoms with E-state index in [-0.39, 0.29) is 11.3 Å². The van der Waals surface area contributed by atoms with Crippen LogP contribution in [0.2, 0.25) is 0 Å². The number of benzene rings is 7. The molecule has 0 aliphatic heterocycles. The van der Waals surface area contributed by atoms with Crippen LogP contribution in [0.15, 0.2) is 180 Å². The zero-order valence-corrected chi connectivity index (χ0v) is 32.7. The van der Waals surface area contributed by atoms with Crippen molar-refractivity contribution in [3.8, 4) is 39.9 Å². The highest BCUT2D eigenvalue weighted by Gasteiger charge is 2.35. The molecule has 10 aromatic rings. The fraction of sp³-hybridized carbons (Fsp3) is 0.0926. The molecule has 3 aromatic heterocycles. The number of hydrogen-bond donors (Lipinski definition) is 0. The van der Waals surface area contributed by atoms with Gasteiger partial charge in [0.1, 0.15) is 11.2 Å². The Morgan fingerprint density at radius 1 is 0.559 bits per heavy atom. The Morgan fingerprint density at radius 2 is 1.27 bits per heavy atom. The van der Waals surface area contributed by atoms with E-state index in [1.807, 2.05) is 36.4 Å². The van der Waals surface area contributed by atoms with Crippen molar-refractivity contribution in [2.75, 3.05) is 0 Å². The van der Waals surface area contributed by atoms with E-state index in [0.29, 0.717) is 17.6 Å². The number of allylic oxidation sites excluding steroid dienone is 4. The Kier molecular flexibility index (Phi) is 7.33. The third-order valence-electron chi connectivity index (χ3n) is 12.6. The lowest BCUT2D eigenvalue weighted by Crippen LogP contribution is -2.15. The van der Waals surface area contributed by atoms with Crippen molar-refractivity contribution in [1.29, 1.82) is 0 Å². The maximum atomic E-state index is 6.32. The lowest BCUT2D eigenvalue weighted by Gasteiger charge is -2.24. The van der Waals surface area contributed by atoms with Gasteiger partial charge in [-0.05, 0) is 64.1 Å². The molecule has 1 unspecified atom stereocenters. The maximum Gasteiger partial charge on any atom is 0.238 e. The molecule has 0 spiro atoms. The maximum absolute atomic E-state index is 6.32. The molecule has 3 heterocycles. The summed E-state index contributed by atoms with van der Waals surface area (Å²) in [7, 11) is 0. The molecule has 5 nitrogen and oxygen atoms in total. The second-order valence-electron chi connectivity index (χ2n) is 16.3. The van der Waals surface area contributed by atoms with E-state index in [4.69, 9.17) is 19.4 Å². The van der Waals surface area contributed by atoms with E-state index in [9.17, 15) is 0 Å². The molecular weight excluding hydrogens is 721 g/mol. The van der Waals surface area contributed by atoms with Crippen LogP contribution in [0, 0.1) is 0 Å². The van der Waals surface area contributed by atoms with E-state index in [2.05, 4.69) is 158 Å². The quantitative estimate of drug-likeness (QED) is 0.175. The molecule has 0 bridgehead atoms. The highest BCUT2D eigenvalue weighted by atomic mass is 16.3. The highest BCUT2D eigenvalue weighted by molar-refractivity contribution is 6.13. The standard InChI is InChI=1S/C54H38N4O/c1-54(2)45-20-9-6-15-39(45)40-29-27-36(31-46(40)54)33-23-25-34(26-24-33)38-18-12-19-44-41-16-7-10-21-47(41)58(50(38)44)53-56-51(35-13-4-3-5-14-35)55-52(57-53)37-28-30-43-42-17-8-11-22-48(42)59-49(43)32-37/h3-23,25-33H,24H2,1-2H3. The first kappa shape index (κ1) is 33.7. The summed E-state index contributed by atoms with van der Waals surface area (Å²) in [6.07, 6.45) is 8.02. The highest BCUT2D eigenvalue weighted by Crippen LogP contribution is 2.50. The molecule has 1 atom stereocenters. The fourth-order valence-corrected chi connectivity index (χ4v) is 9.65. The summed E-state index contributed by atoms with van der Waals surface area (Å²) in [5.41, 5.74) is 14.8. The summed E-state index contributed by atoms with van der Waals surface area (Å²) < 4.78 is 8.55. The number of para-hydroxylation sites is 3. The normalized spacial score (nSPS) is 15.6. The van der Waals surface area contributed by atoms with Gasteiger partial charge in [0.2, 0.25) is 5.95 Å². The molecule has 0 amide bonds. The van der Waals surface area contributed by atoms with Gasteiger partial charge in [0.25, 0.3) is 0 Å². The van der Waals surface area contributed by atoms with Crippen LogP contribution in [0.1, 0.15) is 48.4 Å². The van der Waals surface area contributed by atoms with Gasteiger partial charge in [0, 0.05) is 49.6 Å². The molecule has 2 aliphatic carbocycles. The van der Waals surface area contributed by atoms with Crippen LogP contribution in [-0.2, 0) is 5.41 Å². The van der Waals surface area contributed by atoms with Crippen LogP contribution in [0.4, 0.5) is 0 Å². The minimum absolute atomic E-state index is 0.0280. The fourth-order valence-electron chi connectivity index (χ4n) is 9.65. The smallest absolute Gasteiger partial charge is 0.238 e. The Bertz CT molecular complexity index is 3400. The molecule has 59 heavy (non-hydrogen) atoms. The van der Waals surface area contributed by atoms with Gasteiger partial charge in [-0.1, -0.05) is 166 Å². The molecule has 5 heteroatoms. The summed E-state index contributed by atoms with van der Waals surface area (Å²) in [6.45, 7) is 4.71. The van der Waals surface area contributed by atoms with E-state index < -0.39 is 0 Å². The van der Waals surface area contributed by atoms with Crippen LogP contribution in [0.3, 0.4) is 0 Å². The summed E-state index contributed by atoms with van der Waals surface area (Å²) in [6, 6.07) is 55.7. The third-order valence-corrected chi connectivity index (χ3v) is 12.6. The first-order valence-electron chi connectivity index (χ1n) is 20.4. The van der Waals surface area contributed by atoms with Gasteiger partial charge in [0.05, 0.1) is 11.0 Å². The Hall–Kier alpha value is -7.37. The Balaban J connectivity index is 0.992. The zero-order chi connectivity index (χ0) is 39.2. The largest absolute Gasteiger partial charge is 0.456 e. The monoisotopic (exact) mass is 758 g/mol. The van der Waals surface area contributed by atoms with Gasteiger partial charge < -0.3 is 4.42 Å². The van der Waals surface area contributed by atoms with Crippen molar-refractivity contribution in [2.45, 2.75) is 31.6 Å². The Morgan fingerprint density at radius 3 is 2.14 bits per heavy atom. The number of hydrogen-bond acceptors (Lipinski definition) is 4. The SMILES string of the molecule is CC1(C)c2ccccc2-c2ccc(C3C=CC(c4cccc5c6ccccc6n(-c6nc(-c7ccccc7)nc(-c7ccc8c(c7)oc7ccccc78)n6)c45)=CC3)cc21. The van der Waals surface area contributed by atoms with E-state index in [1.54, 1.807) is 0 Å². The average Bonchev–Trinajstić information content (AvgIpc) is 3.91. The lowest BCUT2D eigenvalue weighted by molar-refractivity contribution is 0.658. The van der Waals surface area contributed by atoms with Crippen molar-refractivity contribution >= 4 is 49.3 Å². The second-order valence-corrected chi connectivity index (χ2v) is 16.3. The van der Waals surface area contributed by atoms with Gasteiger partial charge in [-0.2, -0.15) is 9.97 Å². The van der Waals surface area contributed by atoms with Crippen LogP contribution >= 0.6 is 0 Å². The molecule has 280 valence electrons.